The number of carbonyl (C=O) groups is 2. The molecular weight excluding hydrogens is 442 g/mol. The molecule has 0 spiro atoms. The number of rotatable bonds is 8. The minimum Gasteiger partial charge on any atom is -0.379 e. The number of ether oxygens (including phenoxy) is 1. The van der Waals surface area contributed by atoms with E-state index < -0.39 is 10.0 Å². The van der Waals surface area contributed by atoms with E-state index in [1.807, 2.05) is 0 Å². The molecule has 0 atom stereocenters. The van der Waals surface area contributed by atoms with Gasteiger partial charge in [0, 0.05) is 42.3 Å². The third-order valence-corrected chi connectivity index (χ3v) is 6.84. The summed E-state index contributed by atoms with van der Waals surface area (Å²) in [6.07, 6.45) is 0.623. The Morgan fingerprint density at radius 2 is 1.77 bits per heavy atom. The smallest absolute Gasteiger partial charge is 0.251 e. The van der Waals surface area contributed by atoms with E-state index in [1.54, 1.807) is 36.4 Å². The Morgan fingerprint density at radius 3 is 2.48 bits per heavy atom. The molecule has 0 unspecified atom stereocenters. The lowest BCUT2D eigenvalue weighted by Crippen LogP contribution is -2.40. The van der Waals surface area contributed by atoms with Gasteiger partial charge in [-0.3, -0.25) is 9.59 Å². The van der Waals surface area contributed by atoms with E-state index in [0.29, 0.717) is 55.5 Å². The fourth-order valence-electron chi connectivity index (χ4n) is 3.05. The average molecular weight is 466 g/mol. The first-order valence-electron chi connectivity index (χ1n) is 9.88. The number of amides is 2. The van der Waals surface area contributed by atoms with Crippen LogP contribution in [0.4, 0.5) is 5.69 Å². The van der Waals surface area contributed by atoms with Crippen molar-refractivity contribution in [3.63, 3.8) is 0 Å². The number of sulfonamides is 1. The minimum atomic E-state index is -3.63. The molecule has 1 fully saturated rings. The monoisotopic (exact) mass is 465 g/mol. The zero-order valence-electron chi connectivity index (χ0n) is 16.8. The van der Waals surface area contributed by atoms with Crippen molar-refractivity contribution in [3.8, 4) is 0 Å². The highest BCUT2D eigenvalue weighted by atomic mass is 35.5. The molecule has 0 saturated carbocycles. The Balaban J connectivity index is 1.47. The van der Waals surface area contributed by atoms with Crippen LogP contribution in [0, 0.1) is 0 Å². The molecule has 1 saturated heterocycles. The lowest BCUT2D eigenvalue weighted by atomic mass is 10.2. The van der Waals surface area contributed by atoms with Crippen molar-refractivity contribution in [2.24, 2.45) is 0 Å². The van der Waals surface area contributed by atoms with Gasteiger partial charge in [0.1, 0.15) is 0 Å². The third kappa shape index (κ3) is 6.51. The highest BCUT2D eigenvalue weighted by Crippen LogP contribution is 2.20. The van der Waals surface area contributed by atoms with Gasteiger partial charge in [0.25, 0.3) is 5.91 Å². The van der Waals surface area contributed by atoms with Crippen LogP contribution in [-0.2, 0) is 19.6 Å². The van der Waals surface area contributed by atoms with Crippen molar-refractivity contribution in [2.45, 2.75) is 17.7 Å². The minimum absolute atomic E-state index is 0.127. The van der Waals surface area contributed by atoms with Gasteiger partial charge >= 0.3 is 0 Å². The molecule has 0 aliphatic carbocycles. The van der Waals surface area contributed by atoms with Gasteiger partial charge in [-0.15, -0.1) is 0 Å². The number of benzene rings is 2. The van der Waals surface area contributed by atoms with E-state index in [9.17, 15) is 18.0 Å². The molecule has 1 aliphatic rings. The molecule has 0 radical (unpaired) electrons. The largest absolute Gasteiger partial charge is 0.379 e. The summed E-state index contributed by atoms with van der Waals surface area (Å²) < 4.78 is 32.1. The van der Waals surface area contributed by atoms with Gasteiger partial charge in [-0.2, -0.15) is 4.31 Å². The average Bonchev–Trinajstić information content (AvgIpc) is 2.78. The molecule has 10 heteroatoms. The summed E-state index contributed by atoms with van der Waals surface area (Å²) in [5.41, 5.74) is 0.900. The summed E-state index contributed by atoms with van der Waals surface area (Å²) in [5, 5.41) is 6.01. The zero-order chi connectivity index (χ0) is 22.3. The summed E-state index contributed by atoms with van der Waals surface area (Å²) in [4.78, 5) is 24.4. The lowest BCUT2D eigenvalue weighted by Gasteiger charge is -2.26. The Kier molecular flexibility index (Phi) is 8.03. The maximum atomic E-state index is 12.7. The number of carbonyl (C=O) groups excluding carboxylic acids is 2. The van der Waals surface area contributed by atoms with E-state index in [1.165, 1.54) is 16.4 Å². The number of halogens is 1. The van der Waals surface area contributed by atoms with Crippen molar-refractivity contribution >= 4 is 39.1 Å². The SMILES string of the molecule is O=C(CCCNC(=O)c1ccc(Cl)cc1)Nc1cccc(S(=O)(=O)N2CCOCC2)c1. The molecule has 1 heterocycles. The molecule has 3 rings (SSSR count). The summed E-state index contributed by atoms with van der Waals surface area (Å²) in [5.74, 6) is -0.500. The normalized spacial score (nSPS) is 14.7. The fraction of sp³-hybridized carbons (Fsp3) is 0.333. The first kappa shape index (κ1) is 23.2. The quantitative estimate of drug-likeness (QED) is 0.583. The molecule has 8 nitrogen and oxygen atoms in total. The van der Waals surface area contributed by atoms with Crippen LogP contribution in [0.2, 0.25) is 5.02 Å². The van der Waals surface area contributed by atoms with Crippen LogP contribution in [-0.4, -0.2) is 57.4 Å². The van der Waals surface area contributed by atoms with E-state index in [0.717, 1.165) is 0 Å². The highest BCUT2D eigenvalue weighted by Gasteiger charge is 2.26. The second-order valence-corrected chi connectivity index (χ2v) is 9.33. The molecule has 2 N–H and O–H groups in total. The Hall–Kier alpha value is -2.46. The summed E-state index contributed by atoms with van der Waals surface area (Å²) in [7, 11) is -3.63. The lowest BCUT2D eigenvalue weighted by molar-refractivity contribution is -0.116. The first-order valence-corrected chi connectivity index (χ1v) is 11.7. The predicted octanol–water partition coefficient (Wildman–Crippen LogP) is 2.51. The van der Waals surface area contributed by atoms with Crippen LogP contribution < -0.4 is 10.6 Å². The van der Waals surface area contributed by atoms with Crippen molar-refractivity contribution in [2.75, 3.05) is 38.2 Å². The van der Waals surface area contributed by atoms with E-state index in [4.69, 9.17) is 16.3 Å². The zero-order valence-corrected chi connectivity index (χ0v) is 18.4. The van der Waals surface area contributed by atoms with E-state index >= 15 is 0 Å². The molecule has 31 heavy (non-hydrogen) atoms. The molecule has 2 amide bonds. The number of hydrogen-bond donors (Lipinski definition) is 2. The van der Waals surface area contributed by atoms with Crippen LogP contribution in [0.25, 0.3) is 0 Å². The molecule has 166 valence electrons. The number of anilines is 1. The fourth-order valence-corrected chi connectivity index (χ4v) is 4.63. The van der Waals surface area contributed by atoms with Crippen LogP contribution in [0.15, 0.2) is 53.4 Å². The van der Waals surface area contributed by atoms with E-state index in [-0.39, 0.29) is 23.1 Å². The second kappa shape index (κ2) is 10.7. The van der Waals surface area contributed by atoms with E-state index in [2.05, 4.69) is 10.6 Å². The van der Waals surface area contributed by atoms with Crippen molar-refractivity contribution < 1.29 is 22.7 Å². The molecule has 2 aromatic rings. The number of nitrogens with zero attached hydrogens (tertiary/aromatic N) is 1. The van der Waals surface area contributed by atoms with Gasteiger partial charge in [0.05, 0.1) is 18.1 Å². The highest BCUT2D eigenvalue weighted by molar-refractivity contribution is 7.89. The number of hydrogen-bond acceptors (Lipinski definition) is 5. The van der Waals surface area contributed by atoms with Gasteiger partial charge < -0.3 is 15.4 Å². The topological polar surface area (TPSA) is 105 Å². The van der Waals surface area contributed by atoms with Crippen LogP contribution in [0.5, 0.6) is 0 Å². The number of morpholine rings is 1. The Labute approximate surface area is 186 Å². The predicted molar refractivity (Wildman–Crippen MR) is 118 cm³/mol. The van der Waals surface area contributed by atoms with Crippen LogP contribution >= 0.6 is 11.6 Å². The van der Waals surface area contributed by atoms with Crippen LogP contribution in [0.3, 0.4) is 0 Å². The summed E-state index contributed by atoms with van der Waals surface area (Å²) in [6, 6.07) is 12.7. The van der Waals surface area contributed by atoms with Crippen molar-refractivity contribution in [3.05, 3.63) is 59.1 Å². The van der Waals surface area contributed by atoms with Gasteiger partial charge in [0.2, 0.25) is 15.9 Å². The molecule has 2 aromatic carbocycles. The van der Waals surface area contributed by atoms with Gasteiger partial charge in [0.15, 0.2) is 0 Å². The maximum Gasteiger partial charge on any atom is 0.251 e. The first-order chi connectivity index (χ1) is 14.9. The molecular formula is C21H24ClN3O5S. The van der Waals surface area contributed by atoms with Gasteiger partial charge in [-0.05, 0) is 48.9 Å². The molecule has 0 aromatic heterocycles. The second-order valence-electron chi connectivity index (χ2n) is 6.96. The van der Waals surface area contributed by atoms with Crippen molar-refractivity contribution in [1.82, 2.24) is 9.62 Å². The van der Waals surface area contributed by atoms with Gasteiger partial charge in [-0.1, -0.05) is 17.7 Å². The standard InChI is InChI=1S/C21H24ClN3O5S/c22-17-8-6-16(7-9-17)21(27)23-10-2-5-20(26)24-18-3-1-4-19(15-18)31(28,29)25-11-13-30-14-12-25/h1,3-4,6-9,15H,2,5,10-14H2,(H,23,27)(H,24,26). The Morgan fingerprint density at radius 1 is 1.06 bits per heavy atom. The maximum absolute atomic E-state index is 12.7. The molecule has 0 bridgehead atoms. The summed E-state index contributed by atoms with van der Waals surface area (Å²) in [6.45, 7) is 1.68. The Bertz CT molecular complexity index is 1020. The van der Waals surface area contributed by atoms with Crippen molar-refractivity contribution in [1.29, 1.82) is 0 Å². The molecule has 1 aliphatic heterocycles. The summed E-state index contributed by atoms with van der Waals surface area (Å²) >= 11 is 5.80. The van der Waals surface area contributed by atoms with Gasteiger partial charge in [-0.25, -0.2) is 8.42 Å². The number of nitrogens with one attached hydrogen (secondary N) is 2. The van der Waals surface area contributed by atoms with Crippen LogP contribution in [0.1, 0.15) is 23.2 Å². The third-order valence-electron chi connectivity index (χ3n) is 4.70.